The first-order valence-electron chi connectivity index (χ1n) is 11.3. The number of carbonyl (C=O) groups excluding carboxylic acids is 1. The average Bonchev–Trinajstić information content (AvgIpc) is 3.45. The number of nitrogens with one attached hydrogen (secondary N) is 1. The van der Waals surface area contributed by atoms with Crippen LogP contribution in [-0.2, 0) is 4.79 Å². The molecule has 0 spiro atoms. The highest BCUT2D eigenvalue weighted by Crippen LogP contribution is 2.36. The van der Waals surface area contributed by atoms with Gasteiger partial charge in [0.05, 0.1) is 29.6 Å². The van der Waals surface area contributed by atoms with Crippen LogP contribution in [0.5, 0.6) is 0 Å². The Kier molecular flexibility index (Phi) is 5.84. The van der Waals surface area contributed by atoms with Crippen LogP contribution in [0.25, 0.3) is 5.65 Å². The molecule has 35 heavy (non-hydrogen) atoms. The Balaban J connectivity index is 1.46. The Labute approximate surface area is 197 Å². The molecular weight excluding hydrogens is 471 g/mol. The van der Waals surface area contributed by atoms with E-state index in [1.54, 1.807) is 4.90 Å². The lowest BCUT2D eigenvalue weighted by molar-refractivity contribution is -0.147. The van der Waals surface area contributed by atoms with E-state index in [1.165, 1.54) is 18.3 Å². The molecule has 4 unspecified atom stereocenters. The number of carbonyl (C=O) groups is 1. The van der Waals surface area contributed by atoms with Gasteiger partial charge in [0, 0.05) is 37.6 Å². The molecule has 4 heterocycles. The van der Waals surface area contributed by atoms with Gasteiger partial charge in [0.25, 0.3) is 0 Å². The van der Waals surface area contributed by atoms with Crippen molar-refractivity contribution < 1.29 is 26.7 Å². The van der Waals surface area contributed by atoms with Gasteiger partial charge in [0.15, 0.2) is 11.5 Å². The molecule has 1 saturated heterocycles. The minimum absolute atomic E-state index is 0.000124. The van der Waals surface area contributed by atoms with E-state index in [-0.39, 0.29) is 23.0 Å². The summed E-state index contributed by atoms with van der Waals surface area (Å²) in [6, 6.07) is -0.435. The van der Waals surface area contributed by atoms with Crippen LogP contribution in [0.15, 0.2) is 35.7 Å². The zero-order valence-corrected chi connectivity index (χ0v) is 18.6. The number of hydrogen-bond acceptors (Lipinski definition) is 5. The van der Waals surface area contributed by atoms with Gasteiger partial charge in [-0.2, -0.15) is 18.3 Å². The molecule has 5 rings (SSSR count). The molecule has 2 fully saturated rings. The first-order valence-corrected chi connectivity index (χ1v) is 11.3. The molecule has 2 aliphatic heterocycles. The smallest absolute Gasteiger partial charge is 0.339 e. The van der Waals surface area contributed by atoms with Crippen molar-refractivity contribution in [3.63, 3.8) is 0 Å². The molecule has 3 aliphatic rings. The van der Waals surface area contributed by atoms with Crippen molar-refractivity contribution in [2.75, 3.05) is 19.6 Å². The van der Waals surface area contributed by atoms with Crippen LogP contribution >= 0.6 is 0 Å². The van der Waals surface area contributed by atoms with Gasteiger partial charge < -0.3 is 10.3 Å². The van der Waals surface area contributed by atoms with Crippen LogP contribution < -0.4 is 0 Å². The third kappa shape index (κ3) is 4.53. The fraction of sp³-hybridized carbons (Fsp3) is 0.478. The van der Waals surface area contributed by atoms with Gasteiger partial charge >= 0.3 is 6.18 Å². The van der Waals surface area contributed by atoms with Crippen molar-refractivity contribution in [1.82, 2.24) is 19.3 Å². The zero-order valence-electron chi connectivity index (χ0n) is 18.6. The number of fused-ring (bicyclic) bond motifs is 3. The highest BCUT2D eigenvalue weighted by atomic mass is 19.4. The summed E-state index contributed by atoms with van der Waals surface area (Å²) < 4.78 is 69.1. The van der Waals surface area contributed by atoms with Crippen LogP contribution in [0.3, 0.4) is 0 Å². The third-order valence-corrected chi connectivity index (χ3v) is 6.93. The second-order valence-electron chi connectivity index (χ2n) is 9.37. The van der Waals surface area contributed by atoms with Crippen LogP contribution in [0, 0.1) is 34.8 Å². The van der Waals surface area contributed by atoms with Gasteiger partial charge in [-0.05, 0) is 31.1 Å². The summed E-state index contributed by atoms with van der Waals surface area (Å²) in [5, 5.41) is 12.7. The monoisotopic (exact) mass is 494 g/mol. The second kappa shape index (κ2) is 8.72. The highest BCUT2D eigenvalue weighted by molar-refractivity contribution is 6.10. The molecular formula is C23H23F5N6O. The van der Waals surface area contributed by atoms with E-state index in [0.717, 1.165) is 41.1 Å². The number of alkyl halides is 3. The number of nitrogens with zero attached hydrogens (tertiary/aromatic N) is 5. The number of amides is 1. The summed E-state index contributed by atoms with van der Waals surface area (Å²) in [6.07, 6.45) is 4.29. The number of hydrazone groups is 1. The molecule has 2 bridgehead atoms. The van der Waals surface area contributed by atoms with E-state index < -0.39 is 36.3 Å². The molecule has 2 aromatic rings. The van der Waals surface area contributed by atoms with Gasteiger partial charge in [0.2, 0.25) is 5.91 Å². The maximum absolute atomic E-state index is 14.1. The maximum Gasteiger partial charge on any atom is 0.407 e. The Morgan fingerprint density at radius 2 is 1.91 bits per heavy atom. The first-order chi connectivity index (χ1) is 16.6. The third-order valence-electron chi connectivity index (χ3n) is 6.93. The van der Waals surface area contributed by atoms with E-state index in [4.69, 9.17) is 5.41 Å². The number of piperidine rings is 1. The van der Waals surface area contributed by atoms with Crippen molar-refractivity contribution in [3.8, 4) is 0 Å². The average molecular weight is 494 g/mol. The number of hydrogen-bond donors (Lipinski definition) is 1. The molecule has 12 heteroatoms. The first kappa shape index (κ1) is 23.4. The molecule has 1 amide bonds. The quantitative estimate of drug-likeness (QED) is 0.392. The Morgan fingerprint density at radius 1 is 1.20 bits per heavy atom. The predicted molar refractivity (Wildman–Crippen MR) is 117 cm³/mol. The Bertz CT molecular complexity index is 1210. The minimum atomic E-state index is -4.61. The van der Waals surface area contributed by atoms with Gasteiger partial charge in [-0.1, -0.05) is 6.08 Å². The van der Waals surface area contributed by atoms with Gasteiger partial charge in [-0.25, -0.2) is 13.8 Å². The molecule has 1 aliphatic carbocycles. The standard InChI is InChI=1S/C23H23F5N6O/c24-15-6-17(25)22-30-8-19(33(22)11-15)21-16(7-29)18(34(31-21)12-23(26,27)28)3-4-20(35)32-9-13-1-2-14(5-13)10-32/h3-4,6-8,11,13-14,16,18,29H,1-2,5,9-10,12H2/b4-3+,29-7?. The van der Waals surface area contributed by atoms with Crippen LogP contribution in [0.1, 0.15) is 25.0 Å². The van der Waals surface area contributed by atoms with Gasteiger partial charge in [-0.3, -0.25) is 14.2 Å². The van der Waals surface area contributed by atoms with Crippen LogP contribution in [0.2, 0.25) is 0 Å². The Hall–Kier alpha value is -3.31. The number of pyridine rings is 1. The normalized spacial score (nSPS) is 26.7. The molecule has 7 nitrogen and oxygen atoms in total. The number of aromatic nitrogens is 2. The number of imidazole rings is 1. The van der Waals surface area contributed by atoms with Crippen molar-refractivity contribution in [3.05, 3.63) is 47.9 Å². The van der Waals surface area contributed by atoms with E-state index in [0.29, 0.717) is 31.0 Å². The highest BCUT2D eigenvalue weighted by Gasteiger charge is 2.42. The lowest BCUT2D eigenvalue weighted by atomic mass is 9.94. The molecule has 2 aromatic heterocycles. The largest absolute Gasteiger partial charge is 0.407 e. The van der Waals surface area contributed by atoms with E-state index in [2.05, 4.69) is 10.1 Å². The molecule has 0 aromatic carbocycles. The molecule has 0 radical (unpaired) electrons. The number of likely N-dealkylation sites (tertiary alicyclic amines) is 1. The fourth-order valence-corrected chi connectivity index (χ4v) is 5.44. The summed E-state index contributed by atoms with van der Waals surface area (Å²) in [4.78, 5) is 18.5. The summed E-state index contributed by atoms with van der Waals surface area (Å²) in [5.41, 5.74) is -0.155. The van der Waals surface area contributed by atoms with Crippen molar-refractivity contribution in [2.24, 2.45) is 22.9 Å². The topological polar surface area (TPSA) is 77.1 Å². The fourth-order valence-electron chi connectivity index (χ4n) is 5.44. The van der Waals surface area contributed by atoms with E-state index in [9.17, 15) is 26.7 Å². The molecule has 1 N–H and O–H groups in total. The van der Waals surface area contributed by atoms with Crippen LogP contribution in [0.4, 0.5) is 22.0 Å². The van der Waals surface area contributed by atoms with E-state index in [1.807, 2.05) is 0 Å². The maximum atomic E-state index is 14.1. The van der Waals surface area contributed by atoms with Crippen molar-refractivity contribution in [1.29, 1.82) is 5.41 Å². The van der Waals surface area contributed by atoms with E-state index >= 15 is 0 Å². The minimum Gasteiger partial charge on any atom is -0.339 e. The number of halogens is 5. The van der Waals surface area contributed by atoms with Gasteiger partial charge in [-0.15, -0.1) is 0 Å². The molecule has 186 valence electrons. The molecule has 4 atom stereocenters. The second-order valence-corrected chi connectivity index (χ2v) is 9.37. The van der Waals surface area contributed by atoms with Gasteiger partial charge in [0.1, 0.15) is 12.4 Å². The zero-order chi connectivity index (χ0) is 24.9. The predicted octanol–water partition coefficient (Wildman–Crippen LogP) is 3.64. The lowest BCUT2D eigenvalue weighted by Gasteiger charge is -2.31. The summed E-state index contributed by atoms with van der Waals surface area (Å²) >= 11 is 0. The summed E-state index contributed by atoms with van der Waals surface area (Å²) in [7, 11) is 0. The van der Waals surface area contributed by atoms with Crippen molar-refractivity contribution in [2.45, 2.75) is 31.5 Å². The summed E-state index contributed by atoms with van der Waals surface area (Å²) in [6.45, 7) is -0.159. The van der Waals surface area contributed by atoms with Crippen LogP contribution in [-0.4, -0.2) is 69.0 Å². The lowest BCUT2D eigenvalue weighted by Crippen LogP contribution is -2.41. The molecule has 1 saturated carbocycles. The number of rotatable bonds is 5. The van der Waals surface area contributed by atoms with Crippen molar-refractivity contribution >= 4 is 23.5 Å². The summed E-state index contributed by atoms with van der Waals surface area (Å²) in [5.74, 6) is -2.20. The Morgan fingerprint density at radius 3 is 2.57 bits per heavy atom. The SMILES string of the molecule is N=CC1C(c2cnc3c(F)cc(F)cn23)=NN(CC(F)(F)F)C1/C=C/C(=O)N1CC2CCC(C2)C1.